The lowest BCUT2D eigenvalue weighted by molar-refractivity contribution is -0.118. The molecular weight excluding hydrogens is 617 g/mol. The molecule has 50 heavy (non-hydrogen) atoms. The van der Waals surface area contributed by atoms with E-state index in [2.05, 4.69) is 90.7 Å². The number of fused-ring (bicyclic) bond motifs is 2. The number of hydrogen-bond donors (Lipinski definition) is 2. The predicted molar refractivity (Wildman–Crippen MR) is 208 cm³/mol. The number of amides is 2. The normalized spacial score (nSPS) is 31.6. The Morgan fingerprint density at radius 3 is 1.86 bits per heavy atom. The third-order valence-corrected chi connectivity index (χ3v) is 12.2. The Morgan fingerprint density at radius 2 is 1.30 bits per heavy atom. The second-order valence-electron chi connectivity index (χ2n) is 16.2. The van der Waals surface area contributed by atoms with Crippen LogP contribution in [0.3, 0.4) is 0 Å². The second-order valence-corrected chi connectivity index (χ2v) is 16.2. The number of rotatable bonds is 13. The molecule has 0 bridgehead atoms. The molecule has 2 amide bonds. The van der Waals surface area contributed by atoms with Crippen molar-refractivity contribution in [2.75, 3.05) is 39.3 Å². The summed E-state index contributed by atoms with van der Waals surface area (Å²) in [7, 11) is 0. The summed E-state index contributed by atoms with van der Waals surface area (Å²) < 4.78 is 0. The molecular formula is C44H64N4O2. The summed E-state index contributed by atoms with van der Waals surface area (Å²) in [4.78, 5) is 30.7. The summed E-state index contributed by atoms with van der Waals surface area (Å²) in [6, 6.07) is 1.34. The van der Waals surface area contributed by atoms with E-state index >= 15 is 0 Å². The highest BCUT2D eigenvalue weighted by Gasteiger charge is 2.38. The van der Waals surface area contributed by atoms with Gasteiger partial charge in [-0.3, -0.25) is 9.59 Å². The van der Waals surface area contributed by atoms with Gasteiger partial charge in [0.05, 0.1) is 0 Å². The molecule has 4 heterocycles. The van der Waals surface area contributed by atoms with Gasteiger partial charge in [-0.15, -0.1) is 0 Å². The van der Waals surface area contributed by atoms with E-state index in [0.717, 1.165) is 42.7 Å². The minimum absolute atomic E-state index is 0.0132. The van der Waals surface area contributed by atoms with Gasteiger partial charge in [-0.05, 0) is 129 Å². The Hall–Kier alpha value is -3.22. The molecule has 4 aliphatic heterocycles. The molecule has 5 rings (SSSR count). The molecule has 0 spiro atoms. The standard InChI is InChI=1S/C44H64N4O2/c1-32(12-7-15-35(4)42(49)45-30-37-20-26-47-24-10-17-40(37)47)14-9-22-44(6)23-19-34(3)29-39(44)28-33(2)13-8-16-36(5)43(50)46-31-38-21-27-48-25-11-18-41(38)48/h7-9,12-16,22,28-29,37-41H,10-11,17-21,23-27,30-31H2,1-6H3,(H,45,49)(H,46,50)/b12-7-,13-8+,22-9+,32-14+,33-28+,35-15+,36-16+/t37-,38-,39+,40+,41+,44+/m0/s1. The van der Waals surface area contributed by atoms with Crippen LogP contribution < -0.4 is 10.6 Å². The van der Waals surface area contributed by atoms with E-state index in [1.807, 2.05) is 38.2 Å². The van der Waals surface area contributed by atoms with Crippen LogP contribution in [0, 0.1) is 23.2 Å². The highest BCUT2D eigenvalue weighted by atomic mass is 16.2. The minimum Gasteiger partial charge on any atom is -0.352 e. The molecule has 0 saturated carbocycles. The third-order valence-electron chi connectivity index (χ3n) is 12.2. The van der Waals surface area contributed by atoms with Crippen LogP contribution in [0.2, 0.25) is 0 Å². The number of allylic oxidation sites excluding steroid dienone is 14. The first-order valence-electron chi connectivity index (χ1n) is 19.5. The molecule has 4 saturated heterocycles. The van der Waals surface area contributed by atoms with Crippen molar-refractivity contribution in [1.82, 2.24) is 20.4 Å². The van der Waals surface area contributed by atoms with E-state index in [0.29, 0.717) is 29.8 Å². The van der Waals surface area contributed by atoms with Crippen molar-refractivity contribution in [3.63, 3.8) is 0 Å². The Balaban J connectivity index is 1.10. The first-order valence-corrected chi connectivity index (χ1v) is 19.5. The van der Waals surface area contributed by atoms with Crippen molar-refractivity contribution in [1.29, 1.82) is 0 Å². The van der Waals surface area contributed by atoms with Crippen LogP contribution in [0.15, 0.2) is 94.7 Å². The minimum atomic E-state index is 0.0132. The SMILES string of the molecule is CC1=C[C@@H](/C=C(C)/C=C/C=C(\C)C(=O)NC[C@@H]2CCN3CCC[C@H]23)[C@](C)(/C=C/C=C(C)/C=C\C=C(/C)C(=O)NC[C@@H]2CCN3CCC[C@H]23)CC1. The average molecular weight is 681 g/mol. The first kappa shape index (κ1) is 38.0. The molecule has 0 radical (unpaired) electrons. The Kier molecular flexibility index (Phi) is 13.5. The molecule has 1 aliphatic carbocycles. The fourth-order valence-electron chi connectivity index (χ4n) is 8.88. The van der Waals surface area contributed by atoms with Crippen molar-refractivity contribution >= 4 is 11.8 Å². The van der Waals surface area contributed by atoms with Crippen LogP contribution in [-0.4, -0.2) is 73.0 Å². The Bertz CT molecular complexity index is 1470. The largest absolute Gasteiger partial charge is 0.352 e. The van der Waals surface area contributed by atoms with Crippen molar-refractivity contribution in [2.24, 2.45) is 23.2 Å². The monoisotopic (exact) mass is 681 g/mol. The van der Waals surface area contributed by atoms with E-state index in [1.165, 1.54) is 75.9 Å². The van der Waals surface area contributed by atoms with Crippen molar-refractivity contribution in [2.45, 2.75) is 105 Å². The van der Waals surface area contributed by atoms with E-state index < -0.39 is 0 Å². The zero-order chi connectivity index (χ0) is 35.7. The van der Waals surface area contributed by atoms with Gasteiger partial charge in [0.1, 0.15) is 0 Å². The second kappa shape index (κ2) is 17.8. The lowest BCUT2D eigenvalue weighted by Gasteiger charge is -2.36. The average Bonchev–Trinajstić information content (AvgIpc) is 3.89. The maximum absolute atomic E-state index is 12.8. The summed E-state index contributed by atoms with van der Waals surface area (Å²) in [5, 5.41) is 6.38. The lowest BCUT2D eigenvalue weighted by atomic mass is 9.68. The number of carbonyl (C=O) groups is 2. The molecule has 0 aromatic carbocycles. The summed E-state index contributed by atoms with van der Waals surface area (Å²) in [5.41, 5.74) is 5.29. The summed E-state index contributed by atoms with van der Waals surface area (Å²) >= 11 is 0. The molecule has 0 unspecified atom stereocenters. The van der Waals surface area contributed by atoms with Crippen LogP contribution >= 0.6 is 0 Å². The van der Waals surface area contributed by atoms with Crippen LogP contribution in [0.4, 0.5) is 0 Å². The fourth-order valence-corrected chi connectivity index (χ4v) is 8.88. The molecule has 5 aliphatic rings. The molecule has 2 N–H and O–H groups in total. The van der Waals surface area contributed by atoms with Gasteiger partial charge >= 0.3 is 0 Å². The summed E-state index contributed by atoms with van der Waals surface area (Å²) in [5.74, 6) is 1.56. The molecule has 6 heteroatoms. The quantitative estimate of drug-likeness (QED) is 0.118. The predicted octanol–water partition coefficient (Wildman–Crippen LogP) is 8.00. The van der Waals surface area contributed by atoms with E-state index in [1.54, 1.807) is 0 Å². The van der Waals surface area contributed by atoms with E-state index in [4.69, 9.17) is 0 Å². The van der Waals surface area contributed by atoms with Gasteiger partial charge in [0.2, 0.25) is 11.8 Å². The van der Waals surface area contributed by atoms with Gasteiger partial charge in [-0.2, -0.15) is 0 Å². The van der Waals surface area contributed by atoms with Crippen LogP contribution in [0.5, 0.6) is 0 Å². The highest BCUT2D eigenvalue weighted by Crippen LogP contribution is 2.42. The van der Waals surface area contributed by atoms with Crippen LogP contribution in [0.25, 0.3) is 0 Å². The maximum Gasteiger partial charge on any atom is 0.246 e. The number of hydrogen-bond acceptors (Lipinski definition) is 4. The van der Waals surface area contributed by atoms with Crippen LogP contribution in [-0.2, 0) is 9.59 Å². The van der Waals surface area contributed by atoms with E-state index in [-0.39, 0.29) is 17.2 Å². The smallest absolute Gasteiger partial charge is 0.246 e. The zero-order valence-electron chi connectivity index (χ0n) is 31.8. The van der Waals surface area contributed by atoms with Crippen molar-refractivity contribution in [3.8, 4) is 0 Å². The summed E-state index contributed by atoms with van der Waals surface area (Å²) in [6.07, 6.45) is 33.3. The number of carbonyl (C=O) groups excluding carboxylic acids is 2. The lowest BCUT2D eigenvalue weighted by Crippen LogP contribution is -2.35. The molecule has 4 fully saturated rings. The fraction of sp³-hybridized carbons (Fsp3) is 0.591. The molecule has 0 aromatic heterocycles. The summed E-state index contributed by atoms with van der Waals surface area (Å²) in [6.45, 7) is 19.0. The van der Waals surface area contributed by atoms with Gasteiger partial charge in [-0.25, -0.2) is 0 Å². The van der Waals surface area contributed by atoms with Crippen molar-refractivity contribution in [3.05, 3.63) is 94.7 Å². The Morgan fingerprint density at radius 1 is 0.760 bits per heavy atom. The topological polar surface area (TPSA) is 64.7 Å². The third kappa shape index (κ3) is 10.2. The number of nitrogens with one attached hydrogen (secondary N) is 2. The van der Waals surface area contributed by atoms with Gasteiger partial charge < -0.3 is 20.4 Å². The zero-order valence-corrected chi connectivity index (χ0v) is 31.8. The van der Waals surface area contributed by atoms with Crippen LogP contribution in [0.1, 0.15) is 92.9 Å². The molecule has 272 valence electrons. The van der Waals surface area contributed by atoms with Gasteiger partial charge in [0, 0.05) is 42.2 Å². The van der Waals surface area contributed by atoms with E-state index in [9.17, 15) is 9.59 Å². The molecule has 0 aromatic rings. The first-order chi connectivity index (χ1) is 24.0. The maximum atomic E-state index is 12.8. The number of nitrogens with zero attached hydrogens (tertiary/aromatic N) is 2. The Labute approximate surface area is 303 Å². The van der Waals surface area contributed by atoms with Gasteiger partial charge in [0.25, 0.3) is 0 Å². The molecule has 6 atom stereocenters. The van der Waals surface area contributed by atoms with Gasteiger partial charge in [0.15, 0.2) is 0 Å². The van der Waals surface area contributed by atoms with Crippen molar-refractivity contribution < 1.29 is 9.59 Å². The molecule has 6 nitrogen and oxygen atoms in total. The highest BCUT2D eigenvalue weighted by molar-refractivity contribution is 5.93. The van der Waals surface area contributed by atoms with Gasteiger partial charge in [-0.1, -0.05) is 90.5 Å².